The van der Waals surface area contributed by atoms with Gasteiger partial charge >= 0.3 is 0 Å². The Morgan fingerprint density at radius 1 is 0.844 bits per heavy atom. The molecular weight excluding hydrogens is 460 g/mol. The summed E-state index contributed by atoms with van der Waals surface area (Å²) in [6.45, 7) is 1.96. The quantitative estimate of drug-likeness (QED) is 0.428. The van der Waals surface area contributed by atoms with Crippen molar-refractivity contribution in [3.63, 3.8) is 0 Å². The zero-order chi connectivity index (χ0) is 22.3. The van der Waals surface area contributed by atoms with Crippen LogP contribution in [0.1, 0.15) is 68.9 Å². The number of halogens is 1. The molecule has 4 heteroatoms. The Hall–Kier alpha value is -1.36. The number of hydrogen-bond acceptors (Lipinski definition) is 3. The normalized spacial score (nSPS) is 26.2. The second kappa shape index (κ2) is 11.7. The van der Waals surface area contributed by atoms with E-state index in [1.165, 1.54) is 68.9 Å². The van der Waals surface area contributed by atoms with Gasteiger partial charge in [0.25, 0.3) is 0 Å². The van der Waals surface area contributed by atoms with E-state index in [1.54, 1.807) is 7.11 Å². The first kappa shape index (κ1) is 23.8. The van der Waals surface area contributed by atoms with Crippen LogP contribution in [0.25, 0.3) is 0 Å². The molecule has 2 aromatic rings. The van der Waals surface area contributed by atoms with E-state index < -0.39 is 0 Å². The maximum Gasteiger partial charge on any atom is 0.119 e. The van der Waals surface area contributed by atoms with E-state index in [1.807, 2.05) is 6.07 Å². The minimum Gasteiger partial charge on any atom is -0.497 e. The van der Waals surface area contributed by atoms with Crippen molar-refractivity contribution in [2.45, 2.75) is 83.0 Å². The Morgan fingerprint density at radius 3 is 2.06 bits per heavy atom. The average Bonchev–Trinajstić information content (AvgIpc) is 2.81. The molecule has 0 atom stereocenters. The fourth-order valence-corrected chi connectivity index (χ4v) is 6.28. The van der Waals surface area contributed by atoms with Gasteiger partial charge in [-0.15, -0.1) is 0 Å². The summed E-state index contributed by atoms with van der Waals surface area (Å²) in [7, 11) is 1.75. The Bertz CT molecular complexity index is 841. The average molecular weight is 500 g/mol. The zero-order valence-electron chi connectivity index (χ0n) is 19.5. The van der Waals surface area contributed by atoms with E-state index in [0.29, 0.717) is 12.1 Å². The lowest BCUT2D eigenvalue weighted by Gasteiger charge is -2.38. The molecule has 2 fully saturated rings. The summed E-state index contributed by atoms with van der Waals surface area (Å²) in [6, 6.07) is 18.4. The van der Waals surface area contributed by atoms with Gasteiger partial charge in [-0.1, -0.05) is 40.2 Å². The van der Waals surface area contributed by atoms with Crippen LogP contribution in [-0.4, -0.2) is 24.1 Å². The van der Waals surface area contributed by atoms with Gasteiger partial charge in [-0.25, -0.2) is 0 Å². The number of methoxy groups -OCH3 is 1. The van der Waals surface area contributed by atoms with E-state index in [-0.39, 0.29) is 0 Å². The van der Waals surface area contributed by atoms with Crippen molar-refractivity contribution in [1.29, 1.82) is 0 Å². The molecule has 0 bridgehead atoms. The predicted octanol–water partition coefficient (Wildman–Crippen LogP) is 6.93. The zero-order valence-corrected chi connectivity index (χ0v) is 21.1. The van der Waals surface area contributed by atoms with E-state index in [2.05, 4.69) is 63.3 Å². The molecule has 4 rings (SSSR count). The van der Waals surface area contributed by atoms with Gasteiger partial charge in [0, 0.05) is 29.6 Å². The van der Waals surface area contributed by atoms with Crippen molar-refractivity contribution < 1.29 is 4.74 Å². The van der Waals surface area contributed by atoms with Crippen molar-refractivity contribution >= 4 is 15.9 Å². The second-order valence-corrected chi connectivity index (χ2v) is 11.0. The number of nitrogens with zero attached hydrogens (tertiary/aromatic N) is 1. The standard InChI is InChI=1S/C28H39BrN2O/c1-32-28-7-3-5-24(18-28)20-31(19-23-4-2-6-25(29)17-23)27-14-10-22(11-15-27)16-21-8-12-26(30)13-9-21/h2-7,17-18,21-22,26-27H,8-16,19-20,30H2,1H3. The summed E-state index contributed by atoms with van der Waals surface area (Å²) in [4.78, 5) is 2.70. The van der Waals surface area contributed by atoms with Gasteiger partial charge in [-0.2, -0.15) is 0 Å². The minimum atomic E-state index is 0.463. The molecule has 3 nitrogen and oxygen atoms in total. The van der Waals surface area contributed by atoms with E-state index in [9.17, 15) is 0 Å². The Balaban J connectivity index is 1.39. The summed E-state index contributed by atoms with van der Waals surface area (Å²) >= 11 is 3.65. The van der Waals surface area contributed by atoms with Crippen LogP contribution in [0.4, 0.5) is 0 Å². The summed E-state index contributed by atoms with van der Waals surface area (Å²) in [5.41, 5.74) is 8.83. The fraction of sp³-hybridized carbons (Fsp3) is 0.571. The Kier molecular flexibility index (Phi) is 8.68. The SMILES string of the molecule is COc1cccc(CN(Cc2cccc(Br)c2)C2CCC(CC3CCC(N)CC3)CC2)c1. The van der Waals surface area contributed by atoms with Gasteiger partial charge in [0.2, 0.25) is 0 Å². The molecule has 2 N–H and O–H groups in total. The van der Waals surface area contributed by atoms with Crippen molar-refractivity contribution in [2.75, 3.05) is 7.11 Å². The van der Waals surface area contributed by atoms with Crippen LogP contribution in [0.5, 0.6) is 5.75 Å². The Morgan fingerprint density at radius 2 is 1.44 bits per heavy atom. The summed E-state index contributed by atoms with van der Waals surface area (Å²) in [6.07, 6.45) is 12.0. The summed E-state index contributed by atoms with van der Waals surface area (Å²) in [5, 5.41) is 0. The highest BCUT2D eigenvalue weighted by molar-refractivity contribution is 9.10. The van der Waals surface area contributed by atoms with Gasteiger partial charge in [-0.3, -0.25) is 4.90 Å². The molecule has 0 aromatic heterocycles. The smallest absolute Gasteiger partial charge is 0.119 e. The summed E-state index contributed by atoms with van der Waals surface area (Å²) in [5.74, 6) is 2.78. The molecule has 0 radical (unpaired) electrons. The van der Waals surface area contributed by atoms with Crippen molar-refractivity contribution in [3.8, 4) is 5.75 Å². The van der Waals surface area contributed by atoms with Crippen molar-refractivity contribution in [3.05, 3.63) is 64.1 Å². The fourth-order valence-electron chi connectivity index (χ4n) is 5.83. The van der Waals surface area contributed by atoms with Crippen LogP contribution in [0.15, 0.2) is 53.0 Å². The largest absolute Gasteiger partial charge is 0.497 e. The molecule has 2 aromatic carbocycles. The van der Waals surface area contributed by atoms with Gasteiger partial charge in [0.1, 0.15) is 5.75 Å². The van der Waals surface area contributed by atoms with E-state index in [4.69, 9.17) is 10.5 Å². The van der Waals surface area contributed by atoms with Crippen molar-refractivity contribution in [1.82, 2.24) is 4.90 Å². The van der Waals surface area contributed by atoms with Crippen LogP contribution in [0, 0.1) is 11.8 Å². The first-order valence-electron chi connectivity index (χ1n) is 12.5. The van der Waals surface area contributed by atoms with E-state index >= 15 is 0 Å². The molecule has 2 saturated carbocycles. The molecule has 0 unspecified atom stereocenters. The number of ether oxygens (including phenoxy) is 1. The minimum absolute atomic E-state index is 0.463. The molecule has 2 aliphatic rings. The lowest BCUT2D eigenvalue weighted by atomic mass is 9.75. The van der Waals surface area contributed by atoms with Gasteiger partial charge in [-0.05, 0) is 105 Å². The molecular formula is C28H39BrN2O. The third kappa shape index (κ3) is 6.82. The highest BCUT2D eigenvalue weighted by atomic mass is 79.9. The van der Waals surface area contributed by atoms with Crippen LogP contribution in [0.2, 0.25) is 0 Å². The van der Waals surface area contributed by atoms with E-state index in [0.717, 1.165) is 35.1 Å². The molecule has 0 aliphatic heterocycles. The third-order valence-electron chi connectivity index (χ3n) is 7.69. The van der Waals surface area contributed by atoms with Gasteiger partial charge in [0.15, 0.2) is 0 Å². The Labute approximate surface area is 202 Å². The number of rotatable bonds is 8. The van der Waals surface area contributed by atoms with Crippen LogP contribution in [-0.2, 0) is 13.1 Å². The number of nitrogens with two attached hydrogens (primary N) is 1. The lowest BCUT2D eigenvalue weighted by molar-refractivity contribution is 0.111. The third-order valence-corrected chi connectivity index (χ3v) is 8.18. The maximum atomic E-state index is 6.12. The van der Waals surface area contributed by atoms with Crippen LogP contribution >= 0.6 is 15.9 Å². The van der Waals surface area contributed by atoms with Crippen molar-refractivity contribution in [2.24, 2.45) is 17.6 Å². The number of hydrogen-bond donors (Lipinski definition) is 1. The highest BCUT2D eigenvalue weighted by Gasteiger charge is 2.29. The molecule has 0 heterocycles. The molecule has 0 spiro atoms. The second-order valence-electron chi connectivity index (χ2n) is 10.1. The monoisotopic (exact) mass is 498 g/mol. The first-order chi connectivity index (χ1) is 15.6. The molecule has 174 valence electrons. The molecule has 32 heavy (non-hydrogen) atoms. The lowest BCUT2D eigenvalue weighted by Crippen LogP contribution is -2.37. The first-order valence-corrected chi connectivity index (χ1v) is 13.3. The molecule has 2 aliphatic carbocycles. The van der Waals surface area contributed by atoms with Crippen LogP contribution < -0.4 is 10.5 Å². The predicted molar refractivity (Wildman–Crippen MR) is 137 cm³/mol. The van der Waals surface area contributed by atoms with Gasteiger partial charge in [0.05, 0.1) is 7.11 Å². The number of benzene rings is 2. The highest BCUT2D eigenvalue weighted by Crippen LogP contribution is 2.37. The molecule has 0 saturated heterocycles. The van der Waals surface area contributed by atoms with Crippen LogP contribution in [0.3, 0.4) is 0 Å². The molecule has 0 amide bonds. The maximum absolute atomic E-state index is 6.12. The topological polar surface area (TPSA) is 38.5 Å². The van der Waals surface area contributed by atoms with Gasteiger partial charge < -0.3 is 10.5 Å². The summed E-state index contributed by atoms with van der Waals surface area (Å²) < 4.78 is 6.64.